The zero-order chi connectivity index (χ0) is 10.9. The van der Waals surface area contributed by atoms with Gasteiger partial charge in [-0.25, -0.2) is 13.2 Å². The van der Waals surface area contributed by atoms with E-state index in [0.717, 1.165) is 6.07 Å². The Bertz CT molecular complexity index is 341. The fraction of sp³-hybridized carbons (Fsp3) is 0.333. The molecule has 2 nitrogen and oxygen atoms in total. The molecule has 2 atom stereocenters. The summed E-state index contributed by atoms with van der Waals surface area (Å²) in [5.74, 6) is -3.61. The van der Waals surface area contributed by atoms with Gasteiger partial charge in [0.25, 0.3) is 0 Å². The fourth-order valence-corrected chi connectivity index (χ4v) is 1.08. The van der Waals surface area contributed by atoms with Crippen molar-refractivity contribution in [3.05, 3.63) is 35.1 Å². The molecule has 0 amide bonds. The van der Waals surface area contributed by atoms with Crippen molar-refractivity contribution in [2.24, 2.45) is 5.73 Å². The predicted octanol–water partition coefficient (Wildman–Crippen LogP) is 1.48. The topological polar surface area (TPSA) is 46.2 Å². The number of benzene rings is 1. The number of nitrogens with two attached hydrogens (primary N) is 1. The fourth-order valence-electron chi connectivity index (χ4n) is 1.08. The Hall–Kier alpha value is -1.07. The Balaban J connectivity index is 3.25. The SMILES string of the molecule is C[C@@H](N)[C@@H](O)c1c(F)ccc(F)c1F. The van der Waals surface area contributed by atoms with Crippen LogP contribution in [0.4, 0.5) is 13.2 Å². The summed E-state index contributed by atoms with van der Waals surface area (Å²) in [5, 5.41) is 9.31. The van der Waals surface area contributed by atoms with E-state index in [1.807, 2.05) is 0 Å². The maximum Gasteiger partial charge on any atom is 0.167 e. The summed E-state index contributed by atoms with van der Waals surface area (Å²) in [6.45, 7) is 1.37. The number of aliphatic hydroxyl groups excluding tert-OH is 1. The molecule has 0 radical (unpaired) electrons. The highest BCUT2D eigenvalue weighted by Crippen LogP contribution is 2.24. The average molecular weight is 205 g/mol. The maximum atomic E-state index is 13.0. The molecule has 0 aliphatic heterocycles. The van der Waals surface area contributed by atoms with Crippen LogP contribution in [0.5, 0.6) is 0 Å². The second-order valence-corrected chi connectivity index (χ2v) is 3.06. The quantitative estimate of drug-likeness (QED) is 0.718. The largest absolute Gasteiger partial charge is 0.387 e. The molecule has 0 unspecified atom stereocenters. The standard InChI is InChI=1S/C9H10F3NO/c1-4(13)9(14)7-5(10)2-3-6(11)8(7)12/h2-4,9,14H,13H2,1H3/t4-,9-/m1/s1. The van der Waals surface area contributed by atoms with Crippen LogP contribution >= 0.6 is 0 Å². The molecule has 0 aliphatic carbocycles. The third kappa shape index (κ3) is 1.88. The van der Waals surface area contributed by atoms with Gasteiger partial charge in [-0.15, -0.1) is 0 Å². The van der Waals surface area contributed by atoms with Gasteiger partial charge in [-0.3, -0.25) is 0 Å². The highest BCUT2D eigenvalue weighted by atomic mass is 19.2. The smallest absolute Gasteiger partial charge is 0.167 e. The maximum absolute atomic E-state index is 13.0. The lowest BCUT2D eigenvalue weighted by molar-refractivity contribution is 0.143. The molecular formula is C9H10F3NO. The van der Waals surface area contributed by atoms with E-state index in [9.17, 15) is 18.3 Å². The second kappa shape index (κ2) is 3.98. The monoisotopic (exact) mass is 205 g/mol. The van der Waals surface area contributed by atoms with Gasteiger partial charge in [0.1, 0.15) is 5.82 Å². The summed E-state index contributed by atoms with van der Waals surface area (Å²) in [7, 11) is 0. The van der Waals surface area contributed by atoms with Gasteiger partial charge in [-0.1, -0.05) is 0 Å². The van der Waals surface area contributed by atoms with Crippen LogP contribution in [-0.4, -0.2) is 11.1 Å². The summed E-state index contributed by atoms with van der Waals surface area (Å²) in [6, 6.07) is 0.530. The Kier molecular flexibility index (Phi) is 3.13. The summed E-state index contributed by atoms with van der Waals surface area (Å²) in [4.78, 5) is 0. The molecule has 1 aromatic carbocycles. The molecule has 1 rings (SSSR count). The molecule has 0 aromatic heterocycles. The van der Waals surface area contributed by atoms with Crippen molar-refractivity contribution in [1.29, 1.82) is 0 Å². The van der Waals surface area contributed by atoms with Crippen LogP contribution in [0.15, 0.2) is 12.1 Å². The minimum absolute atomic E-state index is 0.655. The molecule has 78 valence electrons. The van der Waals surface area contributed by atoms with E-state index in [1.165, 1.54) is 6.92 Å². The molecule has 0 fully saturated rings. The molecule has 0 saturated heterocycles. The van der Waals surface area contributed by atoms with E-state index in [2.05, 4.69) is 0 Å². The highest BCUT2D eigenvalue weighted by Gasteiger charge is 2.23. The normalized spacial score (nSPS) is 15.3. The van der Waals surface area contributed by atoms with E-state index >= 15 is 0 Å². The Morgan fingerprint density at radius 1 is 1.21 bits per heavy atom. The average Bonchev–Trinajstić information content (AvgIpc) is 2.12. The first kappa shape index (κ1) is 11.0. The first-order valence-electron chi connectivity index (χ1n) is 4.02. The first-order valence-corrected chi connectivity index (χ1v) is 4.02. The van der Waals surface area contributed by atoms with E-state index in [1.54, 1.807) is 0 Å². The second-order valence-electron chi connectivity index (χ2n) is 3.06. The van der Waals surface area contributed by atoms with Crippen molar-refractivity contribution < 1.29 is 18.3 Å². The molecule has 0 bridgehead atoms. The summed E-state index contributed by atoms with van der Waals surface area (Å²) in [6.07, 6.45) is -1.55. The third-order valence-electron chi connectivity index (χ3n) is 1.87. The zero-order valence-corrected chi connectivity index (χ0v) is 7.47. The van der Waals surface area contributed by atoms with Crippen molar-refractivity contribution in [3.63, 3.8) is 0 Å². The van der Waals surface area contributed by atoms with E-state index in [0.29, 0.717) is 6.07 Å². The number of aliphatic hydroxyl groups is 1. The minimum Gasteiger partial charge on any atom is -0.387 e. The third-order valence-corrected chi connectivity index (χ3v) is 1.87. The van der Waals surface area contributed by atoms with Gasteiger partial charge in [0, 0.05) is 6.04 Å². The van der Waals surface area contributed by atoms with Crippen LogP contribution in [-0.2, 0) is 0 Å². The van der Waals surface area contributed by atoms with Crippen molar-refractivity contribution in [3.8, 4) is 0 Å². The Labute approximate surface area is 79.2 Å². The van der Waals surface area contributed by atoms with Crippen LogP contribution in [0.25, 0.3) is 0 Å². The van der Waals surface area contributed by atoms with Gasteiger partial charge in [0.15, 0.2) is 11.6 Å². The van der Waals surface area contributed by atoms with E-state index in [4.69, 9.17) is 5.73 Å². The number of rotatable bonds is 2. The van der Waals surface area contributed by atoms with Crippen molar-refractivity contribution in [2.45, 2.75) is 19.1 Å². The lowest BCUT2D eigenvalue weighted by Crippen LogP contribution is -2.26. The van der Waals surface area contributed by atoms with Crippen LogP contribution in [0, 0.1) is 17.5 Å². The predicted molar refractivity (Wildman–Crippen MR) is 44.9 cm³/mol. The van der Waals surface area contributed by atoms with Gasteiger partial charge < -0.3 is 10.8 Å². The Morgan fingerprint density at radius 2 is 1.71 bits per heavy atom. The number of halogens is 3. The zero-order valence-electron chi connectivity index (χ0n) is 7.47. The van der Waals surface area contributed by atoms with Crippen LogP contribution < -0.4 is 5.73 Å². The van der Waals surface area contributed by atoms with Gasteiger partial charge >= 0.3 is 0 Å². The molecule has 3 N–H and O–H groups in total. The van der Waals surface area contributed by atoms with Gasteiger partial charge in [-0.05, 0) is 19.1 Å². The van der Waals surface area contributed by atoms with Crippen molar-refractivity contribution >= 4 is 0 Å². The Morgan fingerprint density at radius 3 is 2.21 bits per heavy atom. The van der Waals surface area contributed by atoms with E-state index < -0.39 is 35.2 Å². The van der Waals surface area contributed by atoms with Crippen LogP contribution in [0.2, 0.25) is 0 Å². The molecule has 1 aromatic rings. The molecule has 0 spiro atoms. The number of hydrogen-bond donors (Lipinski definition) is 2. The lowest BCUT2D eigenvalue weighted by atomic mass is 10.0. The van der Waals surface area contributed by atoms with Crippen LogP contribution in [0.3, 0.4) is 0 Å². The van der Waals surface area contributed by atoms with Gasteiger partial charge in [-0.2, -0.15) is 0 Å². The van der Waals surface area contributed by atoms with Crippen molar-refractivity contribution in [2.75, 3.05) is 0 Å². The summed E-state index contributed by atoms with van der Waals surface area (Å²) < 4.78 is 38.8. The molecule has 0 aliphatic rings. The lowest BCUT2D eigenvalue weighted by Gasteiger charge is -2.16. The van der Waals surface area contributed by atoms with Crippen molar-refractivity contribution in [1.82, 2.24) is 0 Å². The highest BCUT2D eigenvalue weighted by molar-refractivity contribution is 5.24. The molecule has 14 heavy (non-hydrogen) atoms. The summed E-state index contributed by atoms with van der Waals surface area (Å²) in [5.41, 5.74) is 4.53. The number of hydrogen-bond acceptors (Lipinski definition) is 2. The minimum atomic E-state index is -1.55. The summed E-state index contributed by atoms with van der Waals surface area (Å²) >= 11 is 0. The molecule has 0 saturated carbocycles. The first-order chi connectivity index (χ1) is 6.45. The molecular weight excluding hydrogens is 195 g/mol. The molecule has 0 heterocycles. The van der Waals surface area contributed by atoms with E-state index in [-0.39, 0.29) is 0 Å². The van der Waals surface area contributed by atoms with Gasteiger partial charge in [0.05, 0.1) is 11.7 Å². The molecule has 5 heteroatoms. The van der Waals surface area contributed by atoms with Gasteiger partial charge in [0.2, 0.25) is 0 Å². The van der Waals surface area contributed by atoms with Crippen LogP contribution in [0.1, 0.15) is 18.6 Å².